The molecule has 0 saturated carbocycles. The Bertz CT molecular complexity index is 1060. The van der Waals surface area contributed by atoms with Gasteiger partial charge in [0.25, 0.3) is 0 Å². The molecular weight excluding hydrogens is 440 g/mol. The van der Waals surface area contributed by atoms with Gasteiger partial charge in [-0.1, -0.05) is 24.3 Å². The number of nitrogens with zero attached hydrogens (tertiary/aromatic N) is 4. The van der Waals surface area contributed by atoms with Crippen molar-refractivity contribution >= 4 is 28.7 Å². The van der Waals surface area contributed by atoms with E-state index in [4.69, 9.17) is 10.5 Å². The quantitative estimate of drug-likeness (QED) is 0.637. The van der Waals surface area contributed by atoms with E-state index in [0.29, 0.717) is 19.0 Å². The number of aromatic nitrogens is 3. The zero-order valence-corrected chi connectivity index (χ0v) is 20.4. The van der Waals surface area contributed by atoms with Gasteiger partial charge in [-0.3, -0.25) is 0 Å². The van der Waals surface area contributed by atoms with Crippen molar-refractivity contribution in [3.05, 3.63) is 41.1 Å². The third-order valence-electron chi connectivity index (χ3n) is 6.52. The molecule has 1 aliphatic carbocycles. The lowest BCUT2D eigenvalue weighted by molar-refractivity contribution is 0.0519. The monoisotopic (exact) mass is 472 g/mol. The molecule has 0 amide bonds. The summed E-state index contributed by atoms with van der Waals surface area (Å²) in [7, 11) is -1.18. The first-order valence-corrected chi connectivity index (χ1v) is 12.5. The average molecular weight is 473 g/mol. The van der Waals surface area contributed by atoms with E-state index in [1.807, 2.05) is 25.7 Å². The van der Waals surface area contributed by atoms with Gasteiger partial charge < -0.3 is 15.4 Å². The van der Waals surface area contributed by atoms with Gasteiger partial charge in [-0.2, -0.15) is 4.98 Å². The summed E-state index contributed by atoms with van der Waals surface area (Å²) in [5, 5.41) is 8.11. The molecule has 10 heteroatoms. The molecule has 1 aromatic carbocycles. The highest BCUT2D eigenvalue weighted by Gasteiger charge is 2.49. The summed E-state index contributed by atoms with van der Waals surface area (Å²) in [6, 6.07) is 8.46. The number of rotatable bonds is 5. The van der Waals surface area contributed by atoms with Crippen molar-refractivity contribution in [3.8, 4) is 0 Å². The summed E-state index contributed by atoms with van der Waals surface area (Å²) in [5.74, 6) is -0.190. The van der Waals surface area contributed by atoms with E-state index >= 15 is 0 Å². The fourth-order valence-corrected chi connectivity index (χ4v) is 5.63. The van der Waals surface area contributed by atoms with Crippen molar-refractivity contribution in [2.45, 2.75) is 57.7 Å². The molecule has 9 nitrogen and oxygen atoms in total. The van der Waals surface area contributed by atoms with E-state index in [1.165, 1.54) is 11.1 Å². The topological polar surface area (TPSA) is 123 Å². The average Bonchev–Trinajstić information content (AvgIpc) is 3.06. The van der Waals surface area contributed by atoms with Crippen LogP contribution in [-0.4, -0.2) is 49.8 Å². The summed E-state index contributed by atoms with van der Waals surface area (Å²) >= 11 is 0. The van der Waals surface area contributed by atoms with Crippen molar-refractivity contribution in [3.63, 3.8) is 0 Å². The van der Waals surface area contributed by atoms with E-state index in [0.717, 1.165) is 19.3 Å². The van der Waals surface area contributed by atoms with Crippen LogP contribution in [0.25, 0.3) is 0 Å². The third kappa shape index (κ3) is 4.59. The maximum atomic E-state index is 13.0. The molecule has 1 spiro atoms. The van der Waals surface area contributed by atoms with Crippen LogP contribution in [0.5, 0.6) is 0 Å². The van der Waals surface area contributed by atoms with Crippen molar-refractivity contribution in [1.29, 1.82) is 0 Å². The second-order valence-corrected chi connectivity index (χ2v) is 11.7. The molecule has 1 aromatic heterocycles. The van der Waals surface area contributed by atoms with E-state index in [2.05, 4.69) is 44.2 Å². The Balaban J connectivity index is 1.53. The fraction of sp³-hybridized carbons (Fsp3) is 0.565. The van der Waals surface area contributed by atoms with Crippen LogP contribution in [0.15, 0.2) is 24.3 Å². The molecule has 2 heterocycles. The number of nitrogens with two attached hydrogens (primary N) is 1. The second-order valence-electron chi connectivity index (χ2n) is 9.72. The summed E-state index contributed by atoms with van der Waals surface area (Å²) in [4.78, 5) is 18.3. The molecule has 2 atom stereocenters. The first kappa shape index (κ1) is 23.6. The number of esters is 1. The van der Waals surface area contributed by atoms with Crippen LogP contribution in [0.4, 0.5) is 11.8 Å². The zero-order chi connectivity index (χ0) is 23.8. The van der Waals surface area contributed by atoms with Gasteiger partial charge in [0.05, 0.1) is 28.4 Å². The Morgan fingerprint density at radius 1 is 1.27 bits per heavy atom. The van der Waals surface area contributed by atoms with Crippen LogP contribution in [-0.2, 0) is 22.1 Å². The van der Waals surface area contributed by atoms with Gasteiger partial charge in [0, 0.05) is 13.1 Å². The first-order chi connectivity index (χ1) is 15.6. The minimum atomic E-state index is -1.18. The Morgan fingerprint density at radius 3 is 2.61 bits per heavy atom. The SMILES string of the molecule is CCOC(=O)c1nnc(N2CCC3(CC2)Cc2ccccc2C3N[S@](=O)C(C)(C)C)nc1N. The van der Waals surface area contributed by atoms with Crippen LogP contribution in [0.3, 0.4) is 0 Å². The molecular formula is C23H32N6O3S. The molecule has 1 unspecified atom stereocenters. The second kappa shape index (κ2) is 8.98. The zero-order valence-electron chi connectivity index (χ0n) is 19.6. The van der Waals surface area contributed by atoms with Crippen molar-refractivity contribution in [1.82, 2.24) is 19.9 Å². The van der Waals surface area contributed by atoms with Gasteiger partial charge in [-0.25, -0.2) is 13.7 Å². The van der Waals surface area contributed by atoms with Gasteiger partial charge in [-0.05, 0) is 63.5 Å². The Hall–Kier alpha value is -2.59. The van der Waals surface area contributed by atoms with E-state index in [1.54, 1.807) is 6.92 Å². The highest BCUT2D eigenvalue weighted by Crippen LogP contribution is 2.52. The predicted octanol–water partition coefficient (Wildman–Crippen LogP) is 2.57. The number of hydrogen-bond donors (Lipinski definition) is 2. The van der Waals surface area contributed by atoms with Crippen molar-refractivity contribution < 1.29 is 13.7 Å². The molecule has 2 aromatic rings. The number of piperidine rings is 1. The van der Waals surface area contributed by atoms with Crippen LogP contribution in [0.1, 0.15) is 68.2 Å². The normalized spacial score (nSPS) is 20.5. The van der Waals surface area contributed by atoms with E-state index < -0.39 is 17.0 Å². The number of benzene rings is 1. The van der Waals surface area contributed by atoms with Crippen molar-refractivity contribution in [2.24, 2.45) is 5.41 Å². The van der Waals surface area contributed by atoms with E-state index in [9.17, 15) is 9.00 Å². The number of hydrogen-bond acceptors (Lipinski definition) is 8. The molecule has 2 aliphatic rings. The van der Waals surface area contributed by atoms with E-state index in [-0.39, 0.29) is 34.3 Å². The van der Waals surface area contributed by atoms with Crippen LogP contribution >= 0.6 is 0 Å². The van der Waals surface area contributed by atoms with Gasteiger partial charge in [-0.15, -0.1) is 10.2 Å². The summed E-state index contributed by atoms with van der Waals surface area (Å²) < 4.78 is 21.1. The van der Waals surface area contributed by atoms with Crippen LogP contribution in [0, 0.1) is 5.41 Å². The Morgan fingerprint density at radius 2 is 1.97 bits per heavy atom. The smallest absolute Gasteiger partial charge is 0.362 e. The molecule has 0 bridgehead atoms. The summed E-state index contributed by atoms with van der Waals surface area (Å²) in [5.41, 5.74) is 8.42. The third-order valence-corrected chi connectivity index (χ3v) is 8.08. The molecule has 3 N–H and O–H groups in total. The van der Waals surface area contributed by atoms with Crippen LogP contribution in [0.2, 0.25) is 0 Å². The van der Waals surface area contributed by atoms with Gasteiger partial charge in [0.15, 0.2) is 5.82 Å². The number of ether oxygens (including phenoxy) is 1. The molecule has 1 fully saturated rings. The largest absolute Gasteiger partial charge is 0.461 e. The highest BCUT2D eigenvalue weighted by atomic mass is 32.2. The van der Waals surface area contributed by atoms with Gasteiger partial charge in [0.1, 0.15) is 0 Å². The molecule has 178 valence electrons. The number of fused-ring (bicyclic) bond motifs is 1. The molecule has 1 aliphatic heterocycles. The summed E-state index contributed by atoms with van der Waals surface area (Å²) in [6.45, 7) is 9.34. The number of carbonyl (C=O) groups is 1. The van der Waals surface area contributed by atoms with Gasteiger partial charge >= 0.3 is 5.97 Å². The highest BCUT2D eigenvalue weighted by molar-refractivity contribution is 7.84. The minimum absolute atomic E-state index is 0.0196. The number of anilines is 2. The Labute approximate surface area is 197 Å². The van der Waals surface area contributed by atoms with Crippen molar-refractivity contribution in [2.75, 3.05) is 30.3 Å². The molecule has 4 rings (SSSR count). The fourth-order valence-electron chi connectivity index (χ4n) is 4.69. The maximum absolute atomic E-state index is 13.0. The number of nitrogen functional groups attached to an aromatic ring is 1. The first-order valence-electron chi connectivity index (χ1n) is 11.3. The lowest BCUT2D eigenvalue weighted by atomic mass is 9.73. The standard InChI is InChI=1S/C23H32N6O3S/c1-5-32-20(30)17-19(24)25-21(27-26-17)29-12-10-23(11-13-29)14-15-8-6-7-9-16(15)18(23)28-33(31)22(2,3)4/h6-9,18,28H,5,10-14H2,1-4H3,(H2,24,25,27)/t18?,33-/m1/s1. The number of nitrogens with one attached hydrogen (secondary N) is 1. The predicted molar refractivity (Wildman–Crippen MR) is 128 cm³/mol. The summed E-state index contributed by atoms with van der Waals surface area (Å²) in [6.07, 6.45) is 2.70. The molecule has 1 saturated heterocycles. The molecule has 33 heavy (non-hydrogen) atoms. The molecule has 0 radical (unpaired) electrons. The lowest BCUT2D eigenvalue weighted by Crippen LogP contribution is -2.48. The minimum Gasteiger partial charge on any atom is -0.461 e. The number of carbonyl (C=O) groups excluding carboxylic acids is 1. The Kier molecular flexibility index (Phi) is 6.41. The van der Waals surface area contributed by atoms with Gasteiger partial charge in [0.2, 0.25) is 11.6 Å². The van der Waals surface area contributed by atoms with Crippen LogP contribution < -0.4 is 15.4 Å². The maximum Gasteiger partial charge on any atom is 0.362 e. The lowest BCUT2D eigenvalue weighted by Gasteiger charge is -2.43.